The fourth-order valence-corrected chi connectivity index (χ4v) is 2.86. The van der Waals surface area contributed by atoms with Crippen molar-refractivity contribution in [2.75, 3.05) is 36.9 Å². The van der Waals surface area contributed by atoms with Gasteiger partial charge in [0.25, 0.3) is 0 Å². The molecule has 4 heteroatoms. The third kappa shape index (κ3) is 2.68. The minimum atomic E-state index is 0.000240. The first-order valence-electron chi connectivity index (χ1n) is 7.49. The van der Waals surface area contributed by atoms with Gasteiger partial charge in [0.15, 0.2) is 0 Å². The van der Waals surface area contributed by atoms with Crippen LogP contribution < -0.4 is 10.6 Å². The molecule has 0 atom stereocenters. The van der Waals surface area contributed by atoms with Gasteiger partial charge >= 0.3 is 0 Å². The third-order valence-electron chi connectivity index (χ3n) is 4.01. The monoisotopic (exact) mass is 285 g/mol. The zero-order valence-corrected chi connectivity index (χ0v) is 13.0. The average molecular weight is 285 g/mol. The highest BCUT2D eigenvalue weighted by Crippen LogP contribution is 2.33. The van der Waals surface area contributed by atoms with Gasteiger partial charge in [-0.15, -0.1) is 0 Å². The van der Waals surface area contributed by atoms with Gasteiger partial charge in [-0.2, -0.15) is 0 Å². The number of pyridine rings is 1. The maximum Gasteiger partial charge on any atom is 0.127 e. The number of aromatic nitrogens is 1. The Morgan fingerprint density at radius 3 is 2.57 bits per heavy atom. The van der Waals surface area contributed by atoms with Crippen molar-refractivity contribution in [1.29, 1.82) is 0 Å². The standard InChI is InChI=1S/C17H23N3O/c1-17(2,3)13-11-12-5-4-6-14(15(12)19-16(13)18)20-7-9-21-10-8-20/h4-6,11H,7-10H2,1-3H3,(H2,18,19). The van der Waals surface area contributed by atoms with Crippen molar-refractivity contribution in [2.24, 2.45) is 0 Å². The van der Waals surface area contributed by atoms with Crippen molar-refractivity contribution < 1.29 is 4.74 Å². The van der Waals surface area contributed by atoms with Crippen molar-refractivity contribution in [3.8, 4) is 0 Å². The van der Waals surface area contributed by atoms with Crippen LogP contribution in [-0.2, 0) is 10.2 Å². The predicted octanol–water partition coefficient (Wildman–Crippen LogP) is 2.95. The second-order valence-corrected chi connectivity index (χ2v) is 6.62. The Morgan fingerprint density at radius 2 is 1.90 bits per heavy atom. The van der Waals surface area contributed by atoms with Gasteiger partial charge in [-0.1, -0.05) is 32.9 Å². The number of anilines is 2. The molecule has 0 radical (unpaired) electrons. The van der Waals surface area contributed by atoms with E-state index >= 15 is 0 Å². The zero-order chi connectivity index (χ0) is 15.0. The molecule has 2 N–H and O–H groups in total. The molecule has 0 amide bonds. The Kier molecular flexibility index (Phi) is 3.49. The first kappa shape index (κ1) is 14.1. The second kappa shape index (κ2) is 5.19. The summed E-state index contributed by atoms with van der Waals surface area (Å²) in [6, 6.07) is 8.51. The van der Waals surface area contributed by atoms with Gasteiger partial charge in [0, 0.05) is 24.0 Å². The van der Waals surface area contributed by atoms with Crippen LogP contribution in [-0.4, -0.2) is 31.3 Å². The smallest absolute Gasteiger partial charge is 0.127 e. The molecule has 1 aromatic heterocycles. The molecule has 112 valence electrons. The van der Waals surface area contributed by atoms with Crippen molar-refractivity contribution >= 4 is 22.4 Å². The lowest BCUT2D eigenvalue weighted by atomic mass is 9.86. The van der Waals surface area contributed by atoms with Crippen LogP contribution in [0.25, 0.3) is 10.9 Å². The summed E-state index contributed by atoms with van der Waals surface area (Å²) < 4.78 is 5.43. The normalized spacial score (nSPS) is 16.4. The summed E-state index contributed by atoms with van der Waals surface area (Å²) in [5.74, 6) is 0.635. The molecule has 1 aliphatic rings. The largest absolute Gasteiger partial charge is 0.383 e. The highest BCUT2D eigenvalue weighted by molar-refractivity contribution is 5.92. The van der Waals surface area contributed by atoms with Crippen LogP contribution in [0.3, 0.4) is 0 Å². The highest BCUT2D eigenvalue weighted by atomic mass is 16.5. The van der Waals surface area contributed by atoms with E-state index in [1.54, 1.807) is 0 Å². The molecule has 3 rings (SSSR count). The maximum atomic E-state index is 6.22. The number of morpholine rings is 1. The van der Waals surface area contributed by atoms with Crippen LogP contribution in [0.4, 0.5) is 11.5 Å². The van der Waals surface area contributed by atoms with E-state index in [4.69, 9.17) is 15.5 Å². The number of nitrogen functional groups attached to an aromatic ring is 1. The first-order chi connectivity index (χ1) is 9.97. The molecule has 1 aromatic carbocycles. The van der Waals surface area contributed by atoms with E-state index in [-0.39, 0.29) is 5.41 Å². The molecule has 4 nitrogen and oxygen atoms in total. The number of benzene rings is 1. The van der Waals surface area contributed by atoms with E-state index in [1.165, 1.54) is 0 Å². The van der Waals surface area contributed by atoms with Crippen LogP contribution in [0.15, 0.2) is 24.3 Å². The van der Waals surface area contributed by atoms with Gasteiger partial charge in [-0.05, 0) is 17.5 Å². The average Bonchev–Trinajstić information content (AvgIpc) is 2.46. The van der Waals surface area contributed by atoms with Gasteiger partial charge in [0.1, 0.15) is 5.82 Å². The lowest BCUT2D eigenvalue weighted by molar-refractivity contribution is 0.123. The van der Waals surface area contributed by atoms with Crippen LogP contribution in [0.2, 0.25) is 0 Å². The number of ether oxygens (including phenoxy) is 1. The summed E-state index contributed by atoms with van der Waals surface area (Å²) >= 11 is 0. The Hall–Kier alpha value is -1.81. The Balaban J connectivity index is 2.13. The molecule has 0 bridgehead atoms. The van der Waals surface area contributed by atoms with Crippen LogP contribution in [0, 0.1) is 0 Å². The van der Waals surface area contributed by atoms with Gasteiger partial charge in [0.2, 0.25) is 0 Å². The lowest BCUT2D eigenvalue weighted by Crippen LogP contribution is -2.36. The molecule has 0 saturated carbocycles. The predicted molar refractivity (Wildman–Crippen MR) is 87.9 cm³/mol. The summed E-state index contributed by atoms with van der Waals surface area (Å²) in [7, 11) is 0. The summed E-state index contributed by atoms with van der Waals surface area (Å²) in [6.45, 7) is 9.84. The van der Waals surface area contributed by atoms with Crippen molar-refractivity contribution in [1.82, 2.24) is 4.98 Å². The summed E-state index contributed by atoms with van der Waals surface area (Å²) in [5, 5.41) is 1.15. The van der Waals surface area contributed by atoms with E-state index in [0.717, 1.165) is 48.5 Å². The van der Waals surface area contributed by atoms with E-state index in [2.05, 4.69) is 49.9 Å². The minimum absolute atomic E-state index is 0.000240. The van der Waals surface area contributed by atoms with Crippen LogP contribution >= 0.6 is 0 Å². The number of rotatable bonds is 1. The molecule has 0 spiro atoms. The van der Waals surface area contributed by atoms with Gasteiger partial charge in [-0.3, -0.25) is 0 Å². The van der Waals surface area contributed by atoms with Gasteiger partial charge < -0.3 is 15.4 Å². The molecule has 21 heavy (non-hydrogen) atoms. The molecular formula is C17H23N3O. The Labute approximate surface area is 125 Å². The highest BCUT2D eigenvalue weighted by Gasteiger charge is 2.20. The van der Waals surface area contributed by atoms with E-state index in [1.807, 2.05) is 0 Å². The maximum absolute atomic E-state index is 6.22. The quantitative estimate of drug-likeness (QED) is 0.875. The molecule has 1 aliphatic heterocycles. The van der Waals surface area contributed by atoms with Crippen molar-refractivity contribution in [2.45, 2.75) is 26.2 Å². The number of fused-ring (bicyclic) bond motifs is 1. The Morgan fingerprint density at radius 1 is 1.19 bits per heavy atom. The molecular weight excluding hydrogens is 262 g/mol. The molecule has 2 heterocycles. The van der Waals surface area contributed by atoms with E-state index in [0.29, 0.717) is 5.82 Å². The van der Waals surface area contributed by atoms with Gasteiger partial charge in [0.05, 0.1) is 24.4 Å². The fourth-order valence-electron chi connectivity index (χ4n) is 2.86. The topological polar surface area (TPSA) is 51.4 Å². The molecule has 1 fully saturated rings. The number of nitrogens with zero attached hydrogens (tertiary/aromatic N) is 2. The SMILES string of the molecule is CC(C)(C)c1cc2cccc(N3CCOCC3)c2nc1N. The summed E-state index contributed by atoms with van der Waals surface area (Å²) in [6.07, 6.45) is 0. The van der Waals surface area contributed by atoms with Crippen molar-refractivity contribution in [3.63, 3.8) is 0 Å². The third-order valence-corrected chi connectivity index (χ3v) is 4.01. The second-order valence-electron chi connectivity index (χ2n) is 6.62. The van der Waals surface area contributed by atoms with E-state index < -0.39 is 0 Å². The zero-order valence-electron chi connectivity index (χ0n) is 13.0. The molecule has 2 aromatic rings. The number of nitrogens with two attached hydrogens (primary N) is 1. The minimum Gasteiger partial charge on any atom is -0.383 e. The number of para-hydroxylation sites is 1. The van der Waals surface area contributed by atoms with Crippen molar-refractivity contribution in [3.05, 3.63) is 29.8 Å². The lowest BCUT2D eigenvalue weighted by Gasteiger charge is -2.30. The molecule has 1 saturated heterocycles. The first-order valence-corrected chi connectivity index (χ1v) is 7.49. The Bertz CT molecular complexity index is 655. The van der Waals surface area contributed by atoms with E-state index in [9.17, 15) is 0 Å². The van der Waals surface area contributed by atoms with Crippen LogP contribution in [0.5, 0.6) is 0 Å². The summed E-state index contributed by atoms with van der Waals surface area (Å²) in [5.41, 5.74) is 9.47. The fraction of sp³-hybridized carbons (Fsp3) is 0.471. The molecule has 0 unspecified atom stereocenters. The number of hydrogen-bond donors (Lipinski definition) is 1. The number of hydrogen-bond acceptors (Lipinski definition) is 4. The van der Waals surface area contributed by atoms with Gasteiger partial charge in [-0.25, -0.2) is 4.98 Å². The summed E-state index contributed by atoms with van der Waals surface area (Å²) in [4.78, 5) is 7.04. The molecule has 0 aliphatic carbocycles. The van der Waals surface area contributed by atoms with Crippen LogP contribution in [0.1, 0.15) is 26.3 Å².